The van der Waals surface area contributed by atoms with E-state index in [0.29, 0.717) is 13.0 Å². The zero-order chi connectivity index (χ0) is 17.6. The highest BCUT2D eigenvalue weighted by Gasteiger charge is 2.18. The standard InChI is InChI=1S/C22H23NO2/c1-3-21(25-19-13-11-16(2)12-14-19)22(24)23-15-18-9-6-8-17-7-4-5-10-20(17)18/h4-14,21H,3,15H2,1-2H3,(H,23,24)/t21-/m0/s1. The summed E-state index contributed by atoms with van der Waals surface area (Å²) in [6.45, 7) is 4.47. The molecular weight excluding hydrogens is 310 g/mol. The fraction of sp³-hybridized carbons (Fsp3) is 0.227. The van der Waals surface area contributed by atoms with Crippen LogP contribution in [0.25, 0.3) is 10.8 Å². The van der Waals surface area contributed by atoms with Crippen molar-refractivity contribution < 1.29 is 9.53 Å². The van der Waals surface area contributed by atoms with Gasteiger partial charge in [-0.3, -0.25) is 4.79 Å². The Morgan fingerprint density at radius 1 is 1.00 bits per heavy atom. The number of hydrogen-bond donors (Lipinski definition) is 1. The summed E-state index contributed by atoms with van der Waals surface area (Å²) in [7, 11) is 0. The summed E-state index contributed by atoms with van der Waals surface area (Å²) in [6, 6.07) is 22.1. The highest BCUT2D eigenvalue weighted by Crippen LogP contribution is 2.19. The Labute approximate surface area is 148 Å². The van der Waals surface area contributed by atoms with Crippen molar-refractivity contribution in [3.05, 3.63) is 77.9 Å². The number of fused-ring (bicyclic) bond motifs is 1. The summed E-state index contributed by atoms with van der Waals surface area (Å²) in [6.07, 6.45) is 0.132. The van der Waals surface area contributed by atoms with Crippen LogP contribution in [0.15, 0.2) is 66.7 Å². The Balaban J connectivity index is 1.66. The highest BCUT2D eigenvalue weighted by molar-refractivity contribution is 5.86. The first kappa shape index (κ1) is 17.0. The van der Waals surface area contributed by atoms with Crippen LogP contribution < -0.4 is 10.1 Å². The molecular formula is C22H23NO2. The third-order valence-electron chi connectivity index (χ3n) is 4.30. The van der Waals surface area contributed by atoms with Crippen LogP contribution in [0.2, 0.25) is 0 Å². The molecule has 0 aliphatic rings. The lowest BCUT2D eigenvalue weighted by Crippen LogP contribution is -2.37. The van der Waals surface area contributed by atoms with Gasteiger partial charge in [0.05, 0.1) is 0 Å². The average molecular weight is 333 g/mol. The molecule has 1 atom stereocenters. The summed E-state index contributed by atoms with van der Waals surface area (Å²) in [5, 5.41) is 5.35. The number of ether oxygens (including phenoxy) is 1. The zero-order valence-corrected chi connectivity index (χ0v) is 14.7. The van der Waals surface area contributed by atoms with Crippen molar-refractivity contribution in [2.45, 2.75) is 32.9 Å². The molecule has 3 rings (SSSR count). The van der Waals surface area contributed by atoms with Crippen LogP contribution in [0.4, 0.5) is 0 Å². The smallest absolute Gasteiger partial charge is 0.261 e. The average Bonchev–Trinajstić information content (AvgIpc) is 2.65. The number of hydrogen-bond acceptors (Lipinski definition) is 2. The van der Waals surface area contributed by atoms with E-state index in [1.54, 1.807) is 0 Å². The molecule has 0 heterocycles. The molecule has 0 spiro atoms. The molecule has 0 fully saturated rings. The van der Waals surface area contributed by atoms with Crippen LogP contribution in [0, 0.1) is 6.92 Å². The van der Waals surface area contributed by atoms with Gasteiger partial charge in [0.25, 0.3) is 5.91 Å². The number of amides is 1. The lowest BCUT2D eigenvalue weighted by atomic mass is 10.0. The van der Waals surface area contributed by atoms with E-state index in [4.69, 9.17) is 4.74 Å². The van der Waals surface area contributed by atoms with Crippen molar-refractivity contribution in [1.82, 2.24) is 5.32 Å². The van der Waals surface area contributed by atoms with Gasteiger partial charge in [-0.25, -0.2) is 0 Å². The maximum absolute atomic E-state index is 12.5. The predicted octanol–water partition coefficient (Wildman–Crippen LogP) is 4.62. The molecule has 0 saturated heterocycles. The SMILES string of the molecule is CC[C@H](Oc1ccc(C)cc1)C(=O)NCc1cccc2ccccc12. The van der Waals surface area contributed by atoms with Gasteiger partial charge in [0.15, 0.2) is 6.10 Å². The zero-order valence-electron chi connectivity index (χ0n) is 14.7. The van der Waals surface area contributed by atoms with Gasteiger partial charge in [-0.1, -0.05) is 67.1 Å². The first-order valence-corrected chi connectivity index (χ1v) is 8.65. The van der Waals surface area contributed by atoms with Crippen molar-refractivity contribution in [2.75, 3.05) is 0 Å². The molecule has 0 aromatic heterocycles. The number of aryl methyl sites for hydroxylation is 1. The van der Waals surface area contributed by atoms with Crippen LogP contribution in [-0.4, -0.2) is 12.0 Å². The van der Waals surface area contributed by atoms with Gasteiger partial charge in [0.1, 0.15) is 5.75 Å². The largest absolute Gasteiger partial charge is 0.481 e. The number of carbonyl (C=O) groups excluding carboxylic acids is 1. The lowest BCUT2D eigenvalue weighted by Gasteiger charge is -2.18. The summed E-state index contributed by atoms with van der Waals surface area (Å²) in [5.41, 5.74) is 2.28. The number of benzene rings is 3. The molecule has 25 heavy (non-hydrogen) atoms. The second-order valence-electron chi connectivity index (χ2n) is 6.18. The van der Waals surface area contributed by atoms with E-state index in [1.807, 2.05) is 62.4 Å². The Bertz CT molecular complexity index is 850. The lowest BCUT2D eigenvalue weighted by molar-refractivity contribution is -0.128. The molecule has 3 aromatic carbocycles. The topological polar surface area (TPSA) is 38.3 Å². The fourth-order valence-electron chi connectivity index (χ4n) is 2.85. The first-order valence-electron chi connectivity index (χ1n) is 8.65. The summed E-state index contributed by atoms with van der Waals surface area (Å²) in [5.74, 6) is 0.633. The van der Waals surface area contributed by atoms with E-state index in [1.165, 1.54) is 10.9 Å². The van der Waals surface area contributed by atoms with Crippen LogP contribution >= 0.6 is 0 Å². The Kier molecular flexibility index (Phi) is 5.34. The maximum Gasteiger partial charge on any atom is 0.261 e. The van der Waals surface area contributed by atoms with Gasteiger partial charge < -0.3 is 10.1 Å². The second-order valence-corrected chi connectivity index (χ2v) is 6.18. The molecule has 0 saturated carbocycles. The Hall–Kier alpha value is -2.81. The Morgan fingerprint density at radius 3 is 2.48 bits per heavy atom. The third kappa shape index (κ3) is 4.18. The molecule has 0 bridgehead atoms. The molecule has 1 N–H and O–H groups in total. The van der Waals surface area contributed by atoms with Gasteiger partial charge in [0.2, 0.25) is 0 Å². The monoisotopic (exact) mass is 333 g/mol. The first-order chi connectivity index (χ1) is 12.2. The van der Waals surface area contributed by atoms with Crippen LogP contribution in [-0.2, 0) is 11.3 Å². The molecule has 0 unspecified atom stereocenters. The van der Waals surface area contributed by atoms with Crippen LogP contribution in [0.1, 0.15) is 24.5 Å². The molecule has 0 aliphatic carbocycles. The normalized spacial score (nSPS) is 11.9. The third-order valence-corrected chi connectivity index (χ3v) is 4.30. The molecule has 3 heteroatoms. The minimum atomic E-state index is -0.488. The van der Waals surface area contributed by atoms with Crippen LogP contribution in [0.5, 0.6) is 5.75 Å². The fourth-order valence-corrected chi connectivity index (χ4v) is 2.85. The van der Waals surface area contributed by atoms with Crippen molar-refractivity contribution in [3.8, 4) is 5.75 Å². The van der Waals surface area contributed by atoms with Gasteiger partial charge in [-0.15, -0.1) is 0 Å². The van der Waals surface area contributed by atoms with Gasteiger partial charge in [-0.05, 0) is 41.8 Å². The summed E-state index contributed by atoms with van der Waals surface area (Å²) in [4.78, 5) is 12.5. The summed E-state index contributed by atoms with van der Waals surface area (Å²) >= 11 is 0. The number of carbonyl (C=O) groups is 1. The molecule has 128 valence electrons. The van der Waals surface area contributed by atoms with Crippen molar-refractivity contribution >= 4 is 16.7 Å². The van der Waals surface area contributed by atoms with Gasteiger partial charge in [-0.2, -0.15) is 0 Å². The predicted molar refractivity (Wildman–Crippen MR) is 102 cm³/mol. The molecule has 3 nitrogen and oxygen atoms in total. The Morgan fingerprint density at radius 2 is 1.72 bits per heavy atom. The van der Waals surface area contributed by atoms with Gasteiger partial charge >= 0.3 is 0 Å². The van der Waals surface area contributed by atoms with Gasteiger partial charge in [0, 0.05) is 6.54 Å². The second kappa shape index (κ2) is 7.84. The van der Waals surface area contributed by atoms with Crippen molar-refractivity contribution in [3.63, 3.8) is 0 Å². The van der Waals surface area contributed by atoms with E-state index < -0.39 is 6.10 Å². The van der Waals surface area contributed by atoms with E-state index >= 15 is 0 Å². The van der Waals surface area contributed by atoms with Crippen molar-refractivity contribution in [1.29, 1.82) is 0 Å². The number of nitrogens with one attached hydrogen (secondary N) is 1. The molecule has 3 aromatic rings. The maximum atomic E-state index is 12.5. The minimum Gasteiger partial charge on any atom is -0.481 e. The van der Waals surface area contributed by atoms with E-state index in [-0.39, 0.29) is 5.91 Å². The van der Waals surface area contributed by atoms with Crippen LogP contribution in [0.3, 0.4) is 0 Å². The quantitative estimate of drug-likeness (QED) is 0.715. The van der Waals surface area contributed by atoms with E-state index in [2.05, 4.69) is 23.5 Å². The van der Waals surface area contributed by atoms with E-state index in [0.717, 1.165) is 16.7 Å². The molecule has 0 aliphatic heterocycles. The molecule has 0 radical (unpaired) electrons. The van der Waals surface area contributed by atoms with E-state index in [9.17, 15) is 4.79 Å². The summed E-state index contributed by atoms with van der Waals surface area (Å²) < 4.78 is 5.84. The molecule has 1 amide bonds. The minimum absolute atomic E-state index is 0.0870. The van der Waals surface area contributed by atoms with Crippen molar-refractivity contribution in [2.24, 2.45) is 0 Å². The number of rotatable bonds is 6. The highest BCUT2D eigenvalue weighted by atomic mass is 16.5.